The normalized spacial score (nSPS) is 13.2. The molecule has 0 fully saturated rings. The van der Waals surface area contributed by atoms with E-state index in [0.717, 1.165) is 25.3 Å². The maximum Gasteiger partial charge on any atom is 0.257 e. The van der Waals surface area contributed by atoms with Gasteiger partial charge in [0.25, 0.3) is 5.91 Å². The Balaban J connectivity index is 1.46. The van der Waals surface area contributed by atoms with Gasteiger partial charge in [0, 0.05) is 25.0 Å². The second-order valence-corrected chi connectivity index (χ2v) is 6.84. The zero-order valence-corrected chi connectivity index (χ0v) is 15.2. The minimum Gasteiger partial charge on any atom is -0.352 e. The topological polar surface area (TPSA) is 45.2 Å². The summed E-state index contributed by atoms with van der Waals surface area (Å²) in [7, 11) is 0. The van der Waals surface area contributed by atoms with E-state index in [1.807, 2.05) is 12.1 Å². The molecule has 0 bridgehead atoms. The number of anilines is 2. The first-order valence-electron chi connectivity index (χ1n) is 8.64. The van der Waals surface area contributed by atoms with Crippen molar-refractivity contribution < 1.29 is 9.18 Å². The monoisotopic (exact) mass is 381 g/mol. The van der Waals surface area contributed by atoms with Gasteiger partial charge in [-0.2, -0.15) is 0 Å². The molecule has 2 heterocycles. The molecule has 27 heavy (non-hydrogen) atoms. The third kappa shape index (κ3) is 3.78. The third-order valence-corrected chi connectivity index (χ3v) is 4.93. The molecule has 2 aromatic carbocycles. The first-order chi connectivity index (χ1) is 13.1. The molecule has 4 nitrogen and oxygen atoms in total. The zero-order valence-electron chi connectivity index (χ0n) is 14.5. The number of aromatic nitrogens is 1. The molecular formula is C21H17ClFN3O. The maximum absolute atomic E-state index is 13.2. The van der Waals surface area contributed by atoms with Crippen LogP contribution in [-0.4, -0.2) is 17.4 Å². The second kappa shape index (κ2) is 7.37. The Morgan fingerprint density at radius 2 is 1.93 bits per heavy atom. The molecule has 0 radical (unpaired) electrons. The summed E-state index contributed by atoms with van der Waals surface area (Å²) < 4.78 is 13.2. The number of halogens is 2. The molecule has 0 atom stereocenters. The first-order valence-corrected chi connectivity index (χ1v) is 9.02. The van der Waals surface area contributed by atoms with Crippen molar-refractivity contribution in [3.05, 3.63) is 88.3 Å². The van der Waals surface area contributed by atoms with Crippen molar-refractivity contribution in [2.75, 3.05) is 16.8 Å². The Hall–Kier alpha value is -2.92. The van der Waals surface area contributed by atoms with Gasteiger partial charge in [-0.1, -0.05) is 35.9 Å². The highest BCUT2D eigenvalue weighted by atomic mass is 35.5. The second-order valence-electron chi connectivity index (χ2n) is 6.43. The van der Waals surface area contributed by atoms with Gasteiger partial charge in [0.2, 0.25) is 0 Å². The molecule has 0 aliphatic carbocycles. The van der Waals surface area contributed by atoms with E-state index in [-0.39, 0.29) is 10.9 Å². The van der Waals surface area contributed by atoms with Crippen LogP contribution < -0.4 is 10.2 Å². The van der Waals surface area contributed by atoms with Crippen molar-refractivity contribution in [1.29, 1.82) is 0 Å². The van der Waals surface area contributed by atoms with E-state index in [9.17, 15) is 9.18 Å². The molecular weight excluding hydrogens is 365 g/mol. The van der Waals surface area contributed by atoms with Crippen LogP contribution in [-0.2, 0) is 13.0 Å². The Bertz CT molecular complexity index is 991. The van der Waals surface area contributed by atoms with Crippen molar-refractivity contribution in [1.82, 2.24) is 4.98 Å². The number of nitrogens with zero attached hydrogens (tertiary/aromatic N) is 2. The smallest absolute Gasteiger partial charge is 0.257 e. The maximum atomic E-state index is 13.2. The number of rotatable bonds is 3. The van der Waals surface area contributed by atoms with Crippen molar-refractivity contribution in [2.24, 2.45) is 0 Å². The lowest BCUT2D eigenvalue weighted by atomic mass is 10.00. The molecule has 136 valence electrons. The van der Waals surface area contributed by atoms with Crippen molar-refractivity contribution in [2.45, 2.75) is 13.0 Å². The molecule has 1 amide bonds. The lowest BCUT2D eigenvalue weighted by Crippen LogP contribution is -2.31. The lowest BCUT2D eigenvalue weighted by Gasteiger charge is -2.29. The summed E-state index contributed by atoms with van der Waals surface area (Å²) in [5, 5.41) is 2.66. The lowest BCUT2D eigenvalue weighted by molar-refractivity contribution is 0.102. The summed E-state index contributed by atoms with van der Waals surface area (Å²) in [6.07, 6.45) is 2.53. The van der Waals surface area contributed by atoms with Crippen LogP contribution in [0.2, 0.25) is 5.02 Å². The molecule has 6 heteroatoms. The van der Waals surface area contributed by atoms with Gasteiger partial charge >= 0.3 is 0 Å². The van der Waals surface area contributed by atoms with Crippen LogP contribution in [0.1, 0.15) is 21.5 Å². The minimum atomic E-state index is -0.524. The standard InChI is InChI=1S/C21H17ClFN3O/c22-18-11-17(6-7-19(18)23)25-21(27)15-5-8-20(24-12-15)26-10-9-14-3-1-2-4-16(14)13-26/h1-8,11-12H,9-10,13H2,(H,25,27). The fourth-order valence-electron chi connectivity index (χ4n) is 3.18. The SMILES string of the molecule is O=C(Nc1ccc(F)c(Cl)c1)c1ccc(N2CCc3ccccc3C2)nc1. The molecule has 1 aliphatic heterocycles. The number of fused-ring (bicyclic) bond motifs is 1. The average molecular weight is 382 g/mol. The largest absolute Gasteiger partial charge is 0.352 e. The fraction of sp³-hybridized carbons (Fsp3) is 0.143. The van der Waals surface area contributed by atoms with Crippen LogP contribution >= 0.6 is 11.6 Å². The van der Waals surface area contributed by atoms with Gasteiger partial charge in [-0.05, 0) is 47.9 Å². The number of carbonyl (C=O) groups is 1. The van der Waals surface area contributed by atoms with Crippen LogP contribution in [0.4, 0.5) is 15.9 Å². The third-order valence-electron chi connectivity index (χ3n) is 4.64. The molecule has 1 N–H and O–H groups in total. The van der Waals surface area contributed by atoms with Gasteiger partial charge in [0.05, 0.1) is 10.6 Å². The van der Waals surface area contributed by atoms with Gasteiger partial charge in [-0.3, -0.25) is 4.79 Å². The van der Waals surface area contributed by atoms with Gasteiger partial charge in [-0.25, -0.2) is 9.37 Å². The van der Waals surface area contributed by atoms with Crippen molar-refractivity contribution in [3.63, 3.8) is 0 Å². The van der Waals surface area contributed by atoms with Crippen LogP contribution in [0.15, 0.2) is 60.8 Å². The number of amides is 1. The van der Waals surface area contributed by atoms with Crippen LogP contribution in [0.3, 0.4) is 0 Å². The van der Waals surface area contributed by atoms with Gasteiger partial charge in [0.15, 0.2) is 0 Å². The predicted octanol–water partition coefficient (Wildman–Crippen LogP) is 4.69. The Morgan fingerprint density at radius 3 is 2.67 bits per heavy atom. The Kier molecular flexibility index (Phi) is 4.77. The molecule has 0 unspecified atom stereocenters. The summed E-state index contributed by atoms with van der Waals surface area (Å²) in [5.41, 5.74) is 3.54. The van der Waals surface area contributed by atoms with E-state index in [0.29, 0.717) is 11.3 Å². The Labute approximate surface area is 161 Å². The summed E-state index contributed by atoms with van der Waals surface area (Å²) in [6.45, 7) is 1.70. The number of hydrogen-bond acceptors (Lipinski definition) is 3. The van der Waals surface area contributed by atoms with E-state index in [4.69, 9.17) is 11.6 Å². The Morgan fingerprint density at radius 1 is 1.11 bits per heavy atom. The average Bonchev–Trinajstić information content (AvgIpc) is 2.70. The highest BCUT2D eigenvalue weighted by Gasteiger charge is 2.17. The highest BCUT2D eigenvalue weighted by Crippen LogP contribution is 2.23. The predicted molar refractivity (Wildman–Crippen MR) is 105 cm³/mol. The minimum absolute atomic E-state index is 0.0355. The molecule has 0 spiro atoms. The van der Waals surface area contributed by atoms with Crippen LogP contribution in [0.5, 0.6) is 0 Å². The zero-order chi connectivity index (χ0) is 18.8. The summed E-state index contributed by atoms with van der Waals surface area (Å²) in [5.74, 6) is -0.00427. The molecule has 4 rings (SSSR count). The van der Waals surface area contributed by atoms with E-state index in [1.54, 1.807) is 12.3 Å². The van der Waals surface area contributed by atoms with E-state index >= 15 is 0 Å². The number of benzene rings is 2. The highest BCUT2D eigenvalue weighted by molar-refractivity contribution is 6.31. The van der Waals surface area contributed by atoms with Gasteiger partial charge < -0.3 is 10.2 Å². The molecule has 0 saturated heterocycles. The summed E-state index contributed by atoms with van der Waals surface area (Å²) in [4.78, 5) is 19.0. The first kappa shape index (κ1) is 17.5. The molecule has 3 aromatic rings. The molecule has 0 saturated carbocycles. The molecule has 1 aromatic heterocycles. The van der Waals surface area contributed by atoms with Gasteiger partial charge in [-0.15, -0.1) is 0 Å². The van der Waals surface area contributed by atoms with E-state index in [2.05, 4.69) is 33.4 Å². The van der Waals surface area contributed by atoms with Crippen LogP contribution in [0.25, 0.3) is 0 Å². The molecule has 1 aliphatic rings. The van der Waals surface area contributed by atoms with Gasteiger partial charge in [0.1, 0.15) is 11.6 Å². The number of pyridine rings is 1. The number of hydrogen-bond donors (Lipinski definition) is 1. The van der Waals surface area contributed by atoms with Crippen LogP contribution in [0, 0.1) is 5.82 Å². The van der Waals surface area contributed by atoms with E-state index in [1.165, 1.54) is 29.3 Å². The summed E-state index contributed by atoms with van der Waals surface area (Å²) in [6, 6.07) is 16.1. The number of nitrogens with one attached hydrogen (secondary N) is 1. The van der Waals surface area contributed by atoms with Crippen molar-refractivity contribution >= 4 is 29.0 Å². The van der Waals surface area contributed by atoms with Crippen molar-refractivity contribution in [3.8, 4) is 0 Å². The fourth-order valence-corrected chi connectivity index (χ4v) is 3.36. The van der Waals surface area contributed by atoms with E-state index < -0.39 is 5.82 Å². The number of carbonyl (C=O) groups excluding carboxylic acids is 1. The summed E-state index contributed by atoms with van der Waals surface area (Å²) >= 11 is 5.74. The quantitative estimate of drug-likeness (QED) is 0.716.